The number of aliphatic hydroxyl groups is 1. The van der Waals surface area contributed by atoms with Gasteiger partial charge >= 0.3 is 0 Å². The molecular weight excluding hydrogens is 235 g/mol. The predicted molar refractivity (Wildman–Crippen MR) is 64.6 cm³/mol. The second kappa shape index (κ2) is 5.10. The lowest BCUT2D eigenvalue weighted by atomic mass is 10.1. The molecule has 0 saturated carbocycles. The van der Waals surface area contributed by atoms with Crippen LogP contribution in [0.5, 0.6) is 5.75 Å². The highest BCUT2D eigenvalue weighted by Gasteiger charge is 2.10. The normalized spacial score (nSPS) is 10.4. The van der Waals surface area contributed by atoms with Crippen molar-refractivity contribution in [2.45, 2.75) is 13.5 Å². The van der Waals surface area contributed by atoms with Gasteiger partial charge in [-0.3, -0.25) is 0 Å². The lowest BCUT2D eigenvalue weighted by molar-refractivity contribution is 0.271. The van der Waals surface area contributed by atoms with Crippen LogP contribution in [0.2, 0.25) is 0 Å². The topological polar surface area (TPSA) is 55.2 Å². The first-order valence-corrected chi connectivity index (χ1v) is 5.43. The van der Waals surface area contributed by atoms with E-state index in [9.17, 15) is 4.39 Å². The lowest BCUT2D eigenvalue weighted by Gasteiger charge is -2.09. The highest BCUT2D eigenvalue weighted by Crippen LogP contribution is 2.29. The standard InChI is InChI=1S/C13H13FN2O2/c1-8-5-11(16-13(7-17)15-8)10-6-9(14)3-4-12(10)18-2/h3-6,17H,7H2,1-2H3. The Kier molecular flexibility index (Phi) is 3.53. The van der Waals surface area contributed by atoms with E-state index in [2.05, 4.69) is 9.97 Å². The molecule has 0 fully saturated rings. The number of nitrogens with zero attached hydrogens (tertiary/aromatic N) is 2. The van der Waals surface area contributed by atoms with Crippen LogP contribution in [0.3, 0.4) is 0 Å². The van der Waals surface area contributed by atoms with Gasteiger partial charge in [-0.1, -0.05) is 0 Å². The minimum absolute atomic E-state index is 0.258. The van der Waals surface area contributed by atoms with Gasteiger partial charge in [-0.05, 0) is 31.2 Å². The van der Waals surface area contributed by atoms with E-state index in [1.54, 1.807) is 19.1 Å². The zero-order chi connectivity index (χ0) is 13.1. The van der Waals surface area contributed by atoms with Gasteiger partial charge in [0.05, 0.1) is 12.8 Å². The number of benzene rings is 1. The number of aryl methyl sites for hydroxylation is 1. The maximum Gasteiger partial charge on any atom is 0.154 e. The molecule has 0 radical (unpaired) electrons. The van der Waals surface area contributed by atoms with E-state index in [0.717, 1.165) is 0 Å². The van der Waals surface area contributed by atoms with Gasteiger partial charge in [0.15, 0.2) is 5.82 Å². The Morgan fingerprint density at radius 3 is 2.72 bits per heavy atom. The third-order valence-electron chi connectivity index (χ3n) is 2.48. The summed E-state index contributed by atoms with van der Waals surface area (Å²) in [7, 11) is 1.51. The molecule has 0 amide bonds. The predicted octanol–water partition coefficient (Wildman–Crippen LogP) is 2.09. The van der Waals surface area contributed by atoms with Gasteiger partial charge in [-0.25, -0.2) is 14.4 Å². The largest absolute Gasteiger partial charge is 0.496 e. The second-order valence-corrected chi connectivity index (χ2v) is 3.81. The van der Waals surface area contributed by atoms with Gasteiger partial charge in [0.1, 0.15) is 18.2 Å². The van der Waals surface area contributed by atoms with Gasteiger partial charge in [0.25, 0.3) is 0 Å². The number of methoxy groups -OCH3 is 1. The Bertz CT molecular complexity index is 573. The number of rotatable bonds is 3. The van der Waals surface area contributed by atoms with E-state index in [4.69, 9.17) is 9.84 Å². The Balaban J connectivity index is 2.60. The van der Waals surface area contributed by atoms with Crippen molar-refractivity contribution in [2.24, 2.45) is 0 Å². The molecule has 2 rings (SSSR count). The molecule has 1 aromatic carbocycles. The van der Waals surface area contributed by atoms with Crippen LogP contribution in [0.15, 0.2) is 24.3 Å². The van der Waals surface area contributed by atoms with Crippen molar-refractivity contribution in [1.29, 1.82) is 0 Å². The van der Waals surface area contributed by atoms with E-state index in [1.807, 2.05) is 0 Å². The molecule has 0 atom stereocenters. The van der Waals surface area contributed by atoms with Gasteiger partial charge in [-0.2, -0.15) is 0 Å². The SMILES string of the molecule is COc1ccc(F)cc1-c1cc(C)nc(CO)n1. The summed E-state index contributed by atoms with van der Waals surface area (Å²) in [6.07, 6.45) is 0. The second-order valence-electron chi connectivity index (χ2n) is 3.81. The fraction of sp³-hybridized carbons (Fsp3) is 0.231. The minimum atomic E-state index is -0.368. The quantitative estimate of drug-likeness (QED) is 0.903. The first-order chi connectivity index (χ1) is 8.63. The van der Waals surface area contributed by atoms with Crippen molar-refractivity contribution in [3.8, 4) is 17.0 Å². The molecule has 0 aliphatic heterocycles. The summed E-state index contributed by atoms with van der Waals surface area (Å²) in [6, 6.07) is 5.93. The molecule has 1 aromatic heterocycles. The molecular formula is C13H13FN2O2. The van der Waals surface area contributed by atoms with E-state index in [-0.39, 0.29) is 12.4 Å². The summed E-state index contributed by atoms with van der Waals surface area (Å²) >= 11 is 0. The molecule has 4 nitrogen and oxygen atoms in total. The smallest absolute Gasteiger partial charge is 0.154 e. The molecule has 0 unspecified atom stereocenters. The van der Waals surface area contributed by atoms with Crippen molar-refractivity contribution in [1.82, 2.24) is 9.97 Å². The van der Waals surface area contributed by atoms with Gasteiger partial charge in [0, 0.05) is 11.3 Å². The van der Waals surface area contributed by atoms with Crippen LogP contribution in [0.25, 0.3) is 11.3 Å². The number of ether oxygens (including phenoxy) is 1. The molecule has 0 spiro atoms. The number of aliphatic hydroxyl groups excluding tert-OH is 1. The van der Waals surface area contributed by atoms with Crippen molar-refractivity contribution >= 4 is 0 Å². The van der Waals surface area contributed by atoms with Crippen molar-refractivity contribution in [2.75, 3.05) is 7.11 Å². The summed E-state index contributed by atoms with van der Waals surface area (Å²) in [4.78, 5) is 8.22. The first-order valence-electron chi connectivity index (χ1n) is 5.43. The third kappa shape index (κ3) is 2.46. The van der Waals surface area contributed by atoms with Crippen LogP contribution in [0.1, 0.15) is 11.5 Å². The van der Waals surface area contributed by atoms with E-state index < -0.39 is 0 Å². The molecule has 0 bridgehead atoms. The molecule has 5 heteroatoms. The van der Waals surface area contributed by atoms with Crippen molar-refractivity contribution in [3.05, 3.63) is 41.6 Å². The summed E-state index contributed by atoms with van der Waals surface area (Å²) < 4.78 is 18.5. The summed E-state index contributed by atoms with van der Waals surface area (Å²) in [6.45, 7) is 1.53. The van der Waals surface area contributed by atoms with Crippen LogP contribution in [-0.2, 0) is 6.61 Å². The average Bonchev–Trinajstić information content (AvgIpc) is 2.38. The van der Waals surface area contributed by atoms with Crippen LogP contribution in [-0.4, -0.2) is 22.2 Å². The summed E-state index contributed by atoms with van der Waals surface area (Å²) in [5.74, 6) is 0.460. The van der Waals surface area contributed by atoms with Crippen molar-refractivity contribution in [3.63, 3.8) is 0 Å². The van der Waals surface area contributed by atoms with Crippen LogP contribution in [0.4, 0.5) is 4.39 Å². The monoisotopic (exact) mass is 248 g/mol. The molecule has 0 saturated heterocycles. The Morgan fingerprint density at radius 1 is 1.28 bits per heavy atom. The van der Waals surface area contributed by atoms with Crippen molar-refractivity contribution < 1.29 is 14.2 Å². The summed E-state index contributed by atoms with van der Waals surface area (Å²) in [5, 5.41) is 9.08. The maximum absolute atomic E-state index is 13.3. The minimum Gasteiger partial charge on any atom is -0.496 e. The molecule has 0 aliphatic rings. The Hall–Kier alpha value is -2.01. The molecule has 0 aliphatic carbocycles. The third-order valence-corrected chi connectivity index (χ3v) is 2.48. The maximum atomic E-state index is 13.3. The number of halogens is 1. The van der Waals surface area contributed by atoms with Gasteiger partial charge in [0.2, 0.25) is 0 Å². The highest BCUT2D eigenvalue weighted by atomic mass is 19.1. The number of aromatic nitrogens is 2. The summed E-state index contributed by atoms with van der Waals surface area (Å²) in [5.41, 5.74) is 1.77. The molecule has 18 heavy (non-hydrogen) atoms. The van der Waals surface area contributed by atoms with E-state index in [0.29, 0.717) is 28.5 Å². The Labute approximate surface area is 104 Å². The first kappa shape index (κ1) is 12.4. The average molecular weight is 248 g/mol. The van der Waals surface area contributed by atoms with E-state index >= 15 is 0 Å². The molecule has 1 N–H and O–H groups in total. The lowest BCUT2D eigenvalue weighted by Crippen LogP contribution is -2.00. The molecule has 2 aromatic rings. The fourth-order valence-corrected chi connectivity index (χ4v) is 1.72. The van der Waals surface area contributed by atoms with Gasteiger partial charge < -0.3 is 9.84 Å². The zero-order valence-corrected chi connectivity index (χ0v) is 10.1. The number of hydrogen-bond acceptors (Lipinski definition) is 4. The van der Waals surface area contributed by atoms with Gasteiger partial charge in [-0.15, -0.1) is 0 Å². The van der Waals surface area contributed by atoms with Crippen LogP contribution in [0, 0.1) is 12.7 Å². The Morgan fingerprint density at radius 2 is 2.06 bits per heavy atom. The van der Waals surface area contributed by atoms with E-state index in [1.165, 1.54) is 19.2 Å². The van der Waals surface area contributed by atoms with Crippen LogP contribution < -0.4 is 4.74 Å². The fourth-order valence-electron chi connectivity index (χ4n) is 1.72. The number of hydrogen-bond donors (Lipinski definition) is 1. The molecule has 94 valence electrons. The highest BCUT2D eigenvalue weighted by molar-refractivity contribution is 5.67. The van der Waals surface area contributed by atoms with Crippen LogP contribution >= 0.6 is 0 Å². The molecule has 1 heterocycles. The zero-order valence-electron chi connectivity index (χ0n) is 10.1.